The summed E-state index contributed by atoms with van der Waals surface area (Å²) < 4.78 is 66.4. The van der Waals surface area contributed by atoms with Gasteiger partial charge in [-0.25, -0.2) is 31.1 Å². The lowest BCUT2D eigenvalue weighted by molar-refractivity contribution is -0.671. The molecule has 0 radical (unpaired) electrons. The second kappa shape index (κ2) is 14.6. The molecule has 0 N–H and O–H groups in total. The third kappa shape index (κ3) is 8.96. The van der Waals surface area contributed by atoms with E-state index in [0.29, 0.717) is 0 Å². The zero-order chi connectivity index (χ0) is 24.1. The summed E-state index contributed by atoms with van der Waals surface area (Å²) >= 11 is 0. The Bertz CT molecular complexity index is 826. The van der Waals surface area contributed by atoms with E-state index in [4.69, 9.17) is 0 Å². The highest BCUT2D eigenvalue weighted by atomic mass is 19.2. The van der Waals surface area contributed by atoms with Gasteiger partial charge in [-0.1, -0.05) is 58.3 Å². The normalized spacial score (nSPS) is 10.7. The fourth-order valence-corrected chi connectivity index (χ4v) is 3.20. The summed E-state index contributed by atoms with van der Waals surface area (Å²) in [6, 6.07) is 0. The van der Waals surface area contributed by atoms with Crippen LogP contribution in [0.2, 0.25) is 0 Å². The standard InChI is InChI=1S/C16H31N2.C7HF5O2/c1-3-4-5-6-7-8-9-10-11-12-13-18-15-14-17(2)16-18;8-2-1(7(13)14)3(9)5(11)6(12)4(2)10/h14-16H,3-13H2,1-2H3;(H,13,14)/q+1;/p-1. The van der Waals surface area contributed by atoms with Gasteiger partial charge in [0.15, 0.2) is 23.3 Å². The van der Waals surface area contributed by atoms with Crippen LogP contribution in [0.4, 0.5) is 22.0 Å². The first kappa shape index (κ1) is 27.6. The number of hydrogen-bond acceptors (Lipinski definition) is 2. The van der Waals surface area contributed by atoms with Crippen molar-refractivity contribution in [3.8, 4) is 0 Å². The van der Waals surface area contributed by atoms with E-state index in [2.05, 4.69) is 41.8 Å². The molecule has 0 bridgehead atoms. The highest BCUT2D eigenvalue weighted by molar-refractivity contribution is 5.86. The third-order valence-electron chi connectivity index (χ3n) is 5.01. The number of aryl methyl sites for hydroxylation is 2. The van der Waals surface area contributed by atoms with E-state index < -0.39 is 40.6 Å². The highest BCUT2D eigenvalue weighted by Crippen LogP contribution is 2.22. The Labute approximate surface area is 185 Å². The van der Waals surface area contributed by atoms with Gasteiger partial charge in [-0.15, -0.1) is 0 Å². The predicted octanol–water partition coefficient (Wildman–Crippen LogP) is 4.98. The van der Waals surface area contributed by atoms with Crippen molar-refractivity contribution in [3.05, 3.63) is 53.4 Å². The largest absolute Gasteiger partial charge is 0.545 e. The summed E-state index contributed by atoms with van der Waals surface area (Å²) in [5.74, 6) is -14.4. The second-order valence-corrected chi connectivity index (χ2v) is 7.73. The van der Waals surface area contributed by atoms with E-state index in [9.17, 15) is 31.9 Å². The van der Waals surface area contributed by atoms with Crippen LogP contribution in [0.3, 0.4) is 0 Å². The minimum atomic E-state index is -2.47. The van der Waals surface area contributed by atoms with Crippen LogP contribution in [0.25, 0.3) is 0 Å². The molecule has 0 aliphatic carbocycles. The molecule has 4 nitrogen and oxygen atoms in total. The zero-order valence-corrected chi connectivity index (χ0v) is 18.6. The quantitative estimate of drug-likeness (QED) is 0.147. The monoisotopic (exact) mass is 462 g/mol. The Hall–Kier alpha value is -2.45. The Balaban J connectivity index is 0.000000330. The molecule has 0 spiro atoms. The molecular weight excluding hydrogens is 431 g/mol. The van der Waals surface area contributed by atoms with Gasteiger partial charge in [-0.3, -0.25) is 0 Å². The van der Waals surface area contributed by atoms with Crippen LogP contribution < -0.4 is 9.67 Å². The Morgan fingerprint density at radius 2 is 1.25 bits per heavy atom. The summed E-state index contributed by atoms with van der Waals surface area (Å²) in [4.78, 5) is 10.0. The molecule has 2 rings (SSSR count). The van der Waals surface area contributed by atoms with Gasteiger partial charge in [-0.2, -0.15) is 0 Å². The molecule has 0 atom stereocenters. The number of unbranched alkanes of at least 4 members (excludes halogenated alkanes) is 9. The number of carbonyl (C=O) groups excluding carboxylic acids is 1. The van der Waals surface area contributed by atoms with Gasteiger partial charge < -0.3 is 9.90 Å². The van der Waals surface area contributed by atoms with Crippen molar-refractivity contribution in [3.63, 3.8) is 0 Å². The second-order valence-electron chi connectivity index (χ2n) is 7.73. The van der Waals surface area contributed by atoms with Crippen molar-refractivity contribution in [2.45, 2.75) is 77.7 Å². The smallest absolute Gasteiger partial charge is 0.243 e. The molecule has 2 aromatic rings. The molecule has 0 amide bonds. The molecular formula is C23H31F5N2O2. The van der Waals surface area contributed by atoms with E-state index >= 15 is 0 Å². The van der Waals surface area contributed by atoms with Crippen molar-refractivity contribution in [1.29, 1.82) is 0 Å². The maximum Gasteiger partial charge on any atom is 0.243 e. The predicted molar refractivity (Wildman–Crippen MR) is 108 cm³/mol. The first-order valence-electron chi connectivity index (χ1n) is 10.9. The molecule has 0 unspecified atom stereocenters. The number of carbonyl (C=O) groups is 1. The number of nitrogens with zero attached hydrogens (tertiary/aromatic N) is 2. The SMILES string of the molecule is CCCCCCCCCCCCn1cc[n+](C)c1.O=C([O-])c1c(F)c(F)c(F)c(F)c1F. The summed E-state index contributed by atoms with van der Waals surface area (Å²) in [5.41, 5.74) is -1.97. The van der Waals surface area contributed by atoms with E-state index in [-0.39, 0.29) is 0 Å². The average Bonchev–Trinajstić information content (AvgIpc) is 3.17. The number of carboxylic acid groups (broad SMARTS) is 1. The van der Waals surface area contributed by atoms with Crippen molar-refractivity contribution in [1.82, 2.24) is 4.57 Å². The summed E-state index contributed by atoms with van der Waals surface area (Å²) in [6.45, 7) is 3.46. The summed E-state index contributed by atoms with van der Waals surface area (Å²) in [5, 5.41) is 10.0. The van der Waals surface area contributed by atoms with Crippen LogP contribution in [0.5, 0.6) is 0 Å². The topological polar surface area (TPSA) is 48.9 Å². The lowest BCUT2D eigenvalue weighted by atomic mass is 10.1. The Morgan fingerprint density at radius 1 is 0.812 bits per heavy atom. The van der Waals surface area contributed by atoms with Crippen LogP contribution in [0, 0.1) is 29.1 Å². The van der Waals surface area contributed by atoms with Crippen molar-refractivity contribution < 1.29 is 36.4 Å². The average molecular weight is 463 g/mol. The van der Waals surface area contributed by atoms with E-state index in [1.807, 2.05) is 0 Å². The molecule has 1 heterocycles. The lowest BCUT2D eigenvalue weighted by Crippen LogP contribution is -2.26. The van der Waals surface area contributed by atoms with Crippen LogP contribution in [-0.4, -0.2) is 10.5 Å². The molecule has 32 heavy (non-hydrogen) atoms. The number of hydrogen-bond donors (Lipinski definition) is 0. The number of aromatic nitrogens is 2. The van der Waals surface area contributed by atoms with Crippen molar-refractivity contribution in [2.24, 2.45) is 7.05 Å². The van der Waals surface area contributed by atoms with Crippen molar-refractivity contribution in [2.75, 3.05) is 0 Å². The minimum Gasteiger partial charge on any atom is -0.545 e. The van der Waals surface area contributed by atoms with Gasteiger partial charge in [0.2, 0.25) is 12.1 Å². The first-order chi connectivity index (χ1) is 15.2. The van der Waals surface area contributed by atoms with Crippen molar-refractivity contribution >= 4 is 5.97 Å². The fraction of sp³-hybridized carbons (Fsp3) is 0.565. The molecule has 9 heteroatoms. The highest BCUT2D eigenvalue weighted by Gasteiger charge is 2.25. The molecule has 0 aliphatic rings. The van der Waals surface area contributed by atoms with Gasteiger partial charge in [0.05, 0.1) is 25.1 Å². The fourth-order valence-electron chi connectivity index (χ4n) is 3.20. The van der Waals surface area contributed by atoms with E-state index in [0.717, 1.165) is 0 Å². The third-order valence-corrected chi connectivity index (χ3v) is 5.01. The summed E-state index contributed by atoms with van der Waals surface area (Å²) in [7, 11) is 2.08. The molecule has 0 saturated heterocycles. The minimum absolute atomic E-state index is 1.18. The lowest BCUT2D eigenvalue weighted by Gasteiger charge is -2.07. The molecule has 180 valence electrons. The summed E-state index contributed by atoms with van der Waals surface area (Å²) in [6.07, 6.45) is 20.6. The molecule has 0 saturated carbocycles. The van der Waals surface area contributed by atoms with E-state index in [1.54, 1.807) is 0 Å². The Morgan fingerprint density at radius 3 is 1.66 bits per heavy atom. The molecule has 1 aromatic heterocycles. The van der Waals surface area contributed by atoms with Gasteiger partial charge in [0.1, 0.15) is 12.4 Å². The van der Waals surface area contributed by atoms with Gasteiger partial charge >= 0.3 is 0 Å². The first-order valence-corrected chi connectivity index (χ1v) is 10.9. The van der Waals surface area contributed by atoms with Crippen LogP contribution in [-0.2, 0) is 13.6 Å². The molecule has 1 aromatic carbocycles. The Kier molecular flexibility index (Phi) is 12.6. The van der Waals surface area contributed by atoms with Crippen LogP contribution in [0.1, 0.15) is 81.5 Å². The van der Waals surface area contributed by atoms with Gasteiger partial charge in [0, 0.05) is 0 Å². The zero-order valence-electron chi connectivity index (χ0n) is 18.6. The van der Waals surface area contributed by atoms with Crippen LogP contribution in [0.15, 0.2) is 18.7 Å². The number of halogens is 5. The number of aromatic carboxylic acids is 1. The van der Waals surface area contributed by atoms with Crippen LogP contribution >= 0.6 is 0 Å². The van der Waals surface area contributed by atoms with E-state index in [1.165, 1.54) is 70.8 Å². The number of carboxylic acids is 1. The van der Waals surface area contributed by atoms with Gasteiger partial charge in [-0.05, 0) is 12.8 Å². The molecule has 0 aliphatic heterocycles. The number of benzene rings is 1. The number of imidazole rings is 1. The maximum atomic E-state index is 12.5. The number of rotatable bonds is 12. The molecule has 0 fully saturated rings. The van der Waals surface area contributed by atoms with Gasteiger partial charge in [0.25, 0.3) is 0 Å². The maximum absolute atomic E-state index is 12.5.